The summed E-state index contributed by atoms with van der Waals surface area (Å²) in [5, 5.41) is 0. The van der Waals surface area contributed by atoms with Crippen LogP contribution in [0.25, 0.3) is 0 Å². The average molecular weight is 347 g/mol. The molecular weight excluding hydrogens is 326 g/mol. The quantitative estimate of drug-likeness (QED) is 0.914. The van der Waals surface area contributed by atoms with Crippen LogP contribution in [0.5, 0.6) is 5.75 Å². The molecule has 4 rings (SSSR count). The van der Waals surface area contributed by atoms with Crippen molar-refractivity contribution in [3.63, 3.8) is 0 Å². The van der Waals surface area contributed by atoms with Crippen molar-refractivity contribution in [1.29, 1.82) is 0 Å². The number of sulfonamides is 1. The molecular formula is C17H21N3O3S. The van der Waals surface area contributed by atoms with Crippen molar-refractivity contribution in [3.8, 4) is 5.75 Å². The second kappa shape index (κ2) is 5.89. The van der Waals surface area contributed by atoms with E-state index in [0.717, 1.165) is 42.9 Å². The Hall–Kier alpha value is -1.86. The van der Waals surface area contributed by atoms with Gasteiger partial charge in [0.2, 0.25) is 10.0 Å². The van der Waals surface area contributed by atoms with Gasteiger partial charge in [0.1, 0.15) is 17.7 Å². The largest absolute Gasteiger partial charge is 0.490 e. The Morgan fingerprint density at radius 2 is 2.25 bits per heavy atom. The lowest BCUT2D eigenvalue weighted by atomic mass is 9.98. The van der Waals surface area contributed by atoms with Gasteiger partial charge in [0.15, 0.2) is 0 Å². The predicted molar refractivity (Wildman–Crippen MR) is 89.5 cm³/mol. The van der Waals surface area contributed by atoms with Crippen LogP contribution in [0.4, 0.5) is 0 Å². The van der Waals surface area contributed by atoms with Crippen molar-refractivity contribution in [2.24, 2.45) is 5.92 Å². The molecule has 2 aliphatic heterocycles. The van der Waals surface area contributed by atoms with Gasteiger partial charge in [-0.15, -0.1) is 0 Å². The fourth-order valence-corrected chi connectivity index (χ4v) is 4.63. The van der Waals surface area contributed by atoms with E-state index >= 15 is 0 Å². The fraction of sp³-hybridized carbons (Fsp3) is 0.471. The summed E-state index contributed by atoms with van der Waals surface area (Å²) in [5.74, 6) is 2.11. The first kappa shape index (κ1) is 15.7. The third kappa shape index (κ3) is 2.93. The zero-order chi connectivity index (χ0) is 16.7. The molecule has 0 saturated carbocycles. The minimum Gasteiger partial charge on any atom is -0.490 e. The van der Waals surface area contributed by atoms with Gasteiger partial charge in [0.25, 0.3) is 0 Å². The number of benzene rings is 1. The molecule has 0 spiro atoms. The third-order valence-electron chi connectivity index (χ3n) is 4.79. The van der Waals surface area contributed by atoms with Gasteiger partial charge in [-0.25, -0.2) is 18.1 Å². The van der Waals surface area contributed by atoms with Gasteiger partial charge >= 0.3 is 0 Å². The number of nitrogens with one attached hydrogen (secondary N) is 1. The second-order valence-electron chi connectivity index (χ2n) is 6.65. The first-order valence-corrected chi connectivity index (χ1v) is 9.79. The SMILES string of the molecule is CC1Cc2cc(S(=O)(=O)NCC3CCn4ccnc4C3)ccc2O1. The number of ether oxygens (including phenoxy) is 1. The Labute approximate surface area is 141 Å². The Morgan fingerprint density at radius 1 is 1.38 bits per heavy atom. The van der Waals surface area contributed by atoms with E-state index in [1.165, 1.54) is 0 Å². The monoisotopic (exact) mass is 347 g/mol. The van der Waals surface area contributed by atoms with Crippen molar-refractivity contribution in [3.05, 3.63) is 42.0 Å². The maximum absolute atomic E-state index is 12.6. The Balaban J connectivity index is 1.44. The summed E-state index contributed by atoms with van der Waals surface area (Å²) in [7, 11) is -3.50. The van der Waals surface area contributed by atoms with Crippen LogP contribution in [0, 0.1) is 5.92 Å². The number of hydrogen-bond donors (Lipinski definition) is 1. The van der Waals surface area contributed by atoms with E-state index < -0.39 is 10.0 Å². The van der Waals surface area contributed by atoms with E-state index in [0.29, 0.717) is 11.4 Å². The lowest BCUT2D eigenvalue weighted by molar-refractivity contribution is 0.254. The standard InChI is InChI=1S/C17H21N3O3S/c1-12-8-14-10-15(2-3-16(14)23-12)24(21,22)19-11-13-4-6-20-7-5-18-17(20)9-13/h2-3,5,7,10,12-13,19H,4,6,8-9,11H2,1H3. The summed E-state index contributed by atoms with van der Waals surface area (Å²) in [5.41, 5.74) is 0.963. The molecule has 3 heterocycles. The highest BCUT2D eigenvalue weighted by molar-refractivity contribution is 7.89. The smallest absolute Gasteiger partial charge is 0.240 e. The molecule has 0 fully saturated rings. The average Bonchev–Trinajstić information content (AvgIpc) is 3.16. The van der Waals surface area contributed by atoms with Crippen molar-refractivity contribution in [2.45, 2.75) is 43.7 Å². The first-order valence-electron chi connectivity index (χ1n) is 8.30. The molecule has 1 aromatic carbocycles. The maximum Gasteiger partial charge on any atom is 0.240 e. The molecule has 2 atom stereocenters. The highest BCUT2D eigenvalue weighted by Gasteiger charge is 2.25. The molecule has 24 heavy (non-hydrogen) atoms. The zero-order valence-corrected chi connectivity index (χ0v) is 14.4. The van der Waals surface area contributed by atoms with Crippen LogP contribution in [0.15, 0.2) is 35.5 Å². The minimum atomic E-state index is -3.50. The van der Waals surface area contributed by atoms with E-state index in [-0.39, 0.29) is 12.0 Å². The van der Waals surface area contributed by atoms with Crippen LogP contribution in [0.1, 0.15) is 24.7 Å². The Morgan fingerprint density at radius 3 is 3.12 bits per heavy atom. The van der Waals surface area contributed by atoms with Crippen LogP contribution < -0.4 is 9.46 Å². The topological polar surface area (TPSA) is 73.2 Å². The van der Waals surface area contributed by atoms with Gasteiger partial charge in [-0.05, 0) is 43.0 Å². The zero-order valence-electron chi connectivity index (χ0n) is 13.6. The van der Waals surface area contributed by atoms with E-state index in [9.17, 15) is 8.42 Å². The molecule has 0 aliphatic carbocycles. The van der Waals surface area contributed by atoms with Gasteiger partial charge in [-0.1, -0.05) is 0 Å². The van der Waals surface area contributed by atoms with Gasteiger partial charge in [0, 0.05) is 38.3 Å². The number of rotatable bonds is 4. The van der Waals surface area contributed by atoms with Crippen molar-refractivity contribution < 1.29 is 13.2 Å². The normalized spacial score (nSPS) is 22.7. The number of imidazole rings is 1. The summed E-state index contributed by atoms with van der Waals surface area (Å²) < 4.78 is 35.7. The van der Waals surface area contributed by atoms with Gasteiger partial charge in [-0.2, -0.15) is 0 Å². The van der Waals surface area contributed by atoms with Crippen LogP contribution >= 0.6 is 0 Å². The number of hydrogen-bond acceptors (Lipinski definition) is 4. The molecule has 0 bridgehead atoms. The number of nitrogens with zero attached hydrogens (tertiary/aromatic N) is 2. The first-order chi connectivity index (χ1) is 11.5. The highest BCUT2D eigenvalue weighted by Crippen LogP contribution is 2.30. The van der Waals surface area contributed by atoms with Crippen LogP contribution in [0.2, 0.25) is 0 Å². The summed E-state index contributed by atoms with van der Waals surface area (Å²) in [6, 6.07) is 5.10. The lowest BCUT2D eigenvalue weighted by Gasteiger charge is -2.23. The highest BCUT2D eigenvalue weighted by atomic mass is 32.2. The van der Waals surface area contributed by atoms with Crippen LogP contribution in [-0.4, -0.2) is 30.6 Å². The molecule has 2 unspecified atom stereocenters. The number of fused-ring (bicyclic) bond motifs is 2. The number of aryl methyl sites for hydroxylation is 1. The van der Waals surface area contributed by atoms with Gasteiger partial charge in [-0.3, -0.25) is 0 Å². The van der Waals surface area contributed by atoms with Crippen LogP contribution in [0.3, 0.4) is 0 Å². The molecule has 2 aromatic rings. The molecule has 0 radical (unpaired) electrons. The van der Waals surface area contributed by atoms with Crippen molar-refractivity contribution >= 4 is 10.0 Å². The lowest BCUT2D eigenvalue weighted by Crippen LogP contribution is -2.33. The Kier molecular flexibility index (Phi) is 3.85. The number of aromatic nitrogens is 2. The third-order valence-corrected chi connectivity index (χ3v) is 6.21. The molecule has 0 amide bonds. The van der Waals surface area contributed by atoms with Crippen LogP contribution in [-0.2, 0) is 29.4 Å². The maximum atomic E-state index is 12.6. The Bertz CT molecular complexity index is 860. The van der Waals surface area contributed by atoms with E-state index in [4.69, 9.17) is 4.74 Å². The second-order valence-corrected chi connectivity index (χ2v) is 8.42. The molecule has 0 saturated heterocycles. The molecule has 6 nitrogen and oxygen atoms in total. The molecule has 1 N–H and O–H groups in total. The minimum absolute atomic E-state index is 0.108. The summed E-state index contributed by atoms with van der Waals surface area (Å²) in [6.07, 6.45) is 6.41. The summed E-state index contributed by atoms with van der Waals surface area (Å²) in [4.78, 5) is 4.64. The summed E-state index contributed by atoms with van der Waals surface area (Å²) in [6.45, 7) is 3.33. The van der Waals surface area contributed by atoms with Gasteiger partial charge in [0.05, 0.1) is 4.90 Å². The molecule has 1 aromatic heterocycles. The van der Waals surface area contributed by atoms with Crippen molar-refractivity contribution in [2.75, 3.05) is 6.54 Å². The van der Waals surface area contributed by atoms with E-state index in [2.05, 4.69) is 14.3 Å². The molecule has 128 valence electrons. The predicted octanol–water partition coefficient (Wildman–Crippen LogP) is 1.75. The molecule has 7 heteroatoms. The fourth-order valence-electron chi connectivity index (χ4n) is 3.47. The van der Waals surface area contributed by atoms with Crippen molar-refractivity contribution in [1.82, 2.24) is 14.3 Å². The van der Waals surface area contributed by atoms with E-state index in [1.807, 2.05) is 13.1 Å². The van der Waals surface area contributed by atoms with E-state index in [1.54, 1.807) is 24.4 Å². The molecule has 2 aliphatic rings. The summed E-state index contributed by atoms with van der Waals surface area (Å²) >= 11 is 0. The van der Waals surface area contributed by atoms with Gasteiger partial charge < -0.3 is 9.30 Å².